The highest BCUT2D eigenvalue weighted by atomic mass is 19.1. The summed E-state index contributed by atoms with van der Waals surface area (Å²) < 4.78 is 13.0. The van der Waals surface area contributed by atoms with Gasteiger partial charge in [0.2, 0.25) is 5.91 Å². The standard InChI is InChI=1S/C17H25FN2O2/c1-3-20(13(2)15-4-6-16(18)7-5-15)17(22)11-19-9-8-14(10-19)12-21/h4-7,13-14,21H,3,8-12H2,1-2H3/t13-,14-/m1/s1. The molecule has 22 heavy (non-hydrogen) atoms. The molecule has 0 radical (unpaired) electrons. The molecule has 1 aromatic rings. The molecule has 1 aromatic carbocycles. The molecule has 0 unspecified atom stereocenters. The Morgan fingerprint density at radius 1 is 1.45 bits per heavy atom. The van der Waals surface area contributed by atoms with Crippen molar-refractivity contribution in [2.45, 2.75) is 26.3 Å². The largest absolute Gasteiger partial charge is 0.396 e. The lowest BCUT2D eigenvalue weighted by Gasteiger charge is -2.30. The molecule has 122 valence electrons. The van der Waals surface area contributed by atoms with Crippen molar-refractivity contribution in [3.8, 4) is 0 Å². The van der Waals surface area contributed by atoms with Gasteiger partial charge in [-0.3, -0.25) is 9.69 Å². The van der Waals surface area contributed by atoms with Gasteiger partial charge in [-0.15, -0.1) is 0 Å². The number of aliphatic hydroxyl groups excluding tert-OH is 1. The topological polar surface area (TPSA) is 43.8 Å². The summed E-state index contributed by atoms with van der Waals surface area (Å²) in [7, 11) is 0. The first kappa shape index (κ1) is 16.9. The van der Waals surface area contributed by atoms with Crippen LogP contribution in [0.25, 0.3) is 0 Å². The molecular formula is C17H25FN2O2. The molecule has 0 saturated carbocycles. The van der Waals surface area contributed by atoms with Gasteiger partial charge in [0, 0.05) is 19.7 Å². The Balaban J connectivity index is 1.98. The fraction of sp³-hybridized carbons (Fsp3) is 0.588. The SMILES string of the molecule is CCN(C(=O)CN1CC[C@@H](CO)C1)[C@H](C)c1ccc(F)cc1. The van der Waals surface area contributed by atoms with Gasteiger partial charge in [0.15, 0.2) is 0 Å². The van der Waals surface area contributed by atoms with E-state index >= 15 is 0 Å². The zero-order valence-corrected chi connectivity index (χ0v) is 13.3. The molecule has 1 amide bonds. The fourth-order valence-electron chi connectivity index (χ4n) is 3.08. The van der Waals surface area contributed by atoms with Crippen LogP contribution in [0.4, 0.5) is 4.39 Å². The number of carbonyl (C=O) groups is 1. The fourth-order valence-corrected chi connectivity index (χ4v) is 3.08. The van der Waals surface area contributed by atoms with E-state index in [0.717, 1.165) is 25.1 Å². The number of carbonyl (C=O) groups excluding carboxylic acids is 1. The van der Waals surface area contributed by atoms with Crippen molar-refractivity contribution in [1.82, 2.24) is 9.80 Å². The van der Waals surface area contributed by atoms with Crippen LogP contribution in [0.5, 0.6) is 0 Å². The molecule has 1 heterocycles. The first-order chi connectivity index (χ1) is 10.5. The van der Waals surface area contributed by atoms with Crippen molar-refractivity contribution >= 4 is 5.91 Å². The maximum Gasteiger partial charge on any atom is 0.237 e. The molecule has 1 fully saturated rings. The Bertz CT molecular complexity index is 492. The Morgan fingerprint density at radius 2 is 2.14 bits per heavy atom. The lowest BCUT2D eigenvalue weighted by molar-refractivity contribution is -0.134. The van der Waals surface area contributed by atoms with E-state index in [1.165, 1.54) is 12.1 Å². The minimum absolute atomic E-state index is 0.0747. The second-order valence-corrected chi connectivity index (χ2v) is 5.98. The average Bonchev–Trinajstić information content (AvgIpc) is 2.96. The number of likely N-dealkylation sites (N-methyl/N-ethyl adjacent to an activating group) is 1. The third-order valence-corrected chi connectivity index (χ3v) is 4.47. The number of nitrogens with zero attached hydrogens (tertiary/aromatic N) is 2. The van der Waals surface area contributed by atoms with Gasteiger partial charge in [0.25, 0.3) is 0 Å². The van der Waals surface area contributed by atoms with Gasteiger partial charge in [-0.1, -0.05) is 12.1 Å². The second kappa shape index (κ2) is 7.70. The zero-order chi connectivity index (χ0) is 16.1. The number of benzene rings is 1. The molecular weight excluding hydrogens is 283 g/mol. The molecule has 2 rings (SSSR count). The molecule has 1 aliphatic rings. The van der Waals surface area contributed by atoms with E-state index in [2.05, 4.69) is 4.90 Å². The second-order valence-electron chi connectivity index (χ2n) is 5.98. The van der Waals surface area contributed by atoms with Gasteiger partial charge in [0.05, 0.1) is 12.6 Å². The van der Waals surface area contributed by atoms with Gasteiger partial charge in [0.1, 0.15) is 5.82 Å². The number of hydrogen-bond donors (Lipinski definition) is 1. The van der Waals surface area contributed by atoms with E-state index < -0.39 is 0 Å². The van der Waals surface area contributed by atoms with Crippen LogP contribution in [0, 0.1) is 11.7 Å². The van der Waals surface area contributed by atoms with Gasteiger partial charge >= 0.3 is 0 Å². The van der Waals surface area contributed by atoms with Gasteiger partial charge < -0.3 is 10.0 Å². The third-order valence-electron chi connectivity index (χ3n) is 4.47. The van der Waals surface area contributed by atoms with E-state index in [-0.39, 0.29) is 30.3 Å². The predicted octanol–water partition coefficient (Wildman–Crippen LogP) is 2.05. The molecule has 1 aliphatic heterocycles. The summed E-state index contributed by atoms with van der Waals surface area (Å²) in [6, 6.07) is 6.24. The summed E-state index contributed by atoms with van der Waals surface area (Å²) in [5.41, 5.74) is 0.936. The normalized spacial score (nSPS) is 20.1. The van der Waals surface area contributed by atoms with Gasteiger partial charge in [-0.05, 0) is 50.4 Å². The highest BCUT2D eigenvalue weighted by molar-refractivity contribution is 5.78. The van der Waals surface area contributed by atoms with Crippen molar-refractivity contribution in [3.05, 3.63) is 35.6 Å². The average molecular weight is 308 g/mol. The number of halogens is 1. The van der Waals surface area contributed by atoms with Gasteiger partial charge in [-0.25, -0.2) is 4.39 Å². The highest BCUT2D eigenvalue weighted by Gasteiger charge is 2.26. The van der Waals surface area contributed by atoms with E-state index in [9.17, 15) is 14.3 Å². The summed E-state index contributed by atoms with van der Waals surface area (Å²) in [5.74, 6) is 0.104. The molecule has 5 heteroatoms. The molecule has 1 saturated heterocycles. The summed E-state index contributed by atoms with van der Waals surface area (Å²) >= 11 is 0. The van der Waals surface area contributed by atoms with E-state index in [0.29, 0.717) is 13.1 Å². The number of likely N-dealkylation sites (tertiary alicyclic amines) is 1. The maximum atomic E-state index is 13.0. The Kier molecular flexibility index (Phi) is 5.91. The van der Waals surface area contributed by atoms with Crippen LogP contribution in [0.1, 0.15) is 31.9 Å². The van der Waals surface area contributed by atoms with Crippen molar-refractivity contribution in [2.75, 3.05) is 32.8 Å². The molecule has 0 aromatic heterocycles. The van der Waals surface area contributed by atoms with Crippen molar-refractivity contribution in [3.63, 3.8) is 0 Å². The lowest BCUT2D eigenvalue weighted by atomic mass is 10.1. The molecule has 0 bridgehead atoms. The van der Waals surface area contributed by atoms with Crippen LogP contribution >= 0.6 is 0 Å². The lowest BCUT2D eigenvalue weighted by Crippen LogP contribution is -2.41. The van der Waals surface area contributed by atoms with Crippen molar-refractivity contribution < 1.29 is 14.3 Å². The number of rotatable bonds is 6. The zero-order valence-electron chi connectivity index (χ0n) is 13.3. The number of hydrogen-bond acceptors (Lipinski definition) is 3. The Labute approximate surface area is 131 Å². The van der Waals surface area contributed by atoms with Crippen LogP contribution < -0.4 is 0 Å². The molecule has 0 aliphatic carbocycles. The quantitative estimate of drug-likeness (QED) is 0.875. The van der Waals surface area contributed by atoms with Crippen LogP contribution in [-0.4, -0.2) is 53.6 Å². The minimum Gasteiger partial charge on any atom is -0.396 e. The summed E-state index contributed by atoms with van der Waals surface area (Å²) in [4.78, 5) is 16.5. The van der Waals surface area contributed by atoms with E-state index in [1.807, 2.05) is 18.7 Å². The first-order valence-corrected chi connectivity index (χ1v) is 7.93. The third kappa shape index (κ3) is 4.05. The van der Waals surface area contributed by atoms with Crippen molar-refractivity contribution in [2.24, 2.45) is 5.92 Å². The molecule has 0 spiro atoms. The predicted molar refractivity (Wildman–Crippen MR) is 83.8 cm³/mol. The van der Waals surface area contributed by atoms with E-state index in [4.69, 9.17) is 0 Å². The van der Waals surface area contributed by atoms with E-state index in [1.54, 1.807) is 12.1 Å². The summed E-state index contributed by atoms with van der Waals surface area (Å²) in [6.45, 7) is 6.76. The van der Waals surface area contributed by atoms with Crippen molar-refractivity contribution in [1.29, 1.82) is 0 Å². The Morgan fingerprint density at radius 3 is 2.68 bits per heavy atom. The van der Waals surface area contributed by atoms with Gasteiger partial charge in [-0.2, -0.15) is 0 Å². The minimum atomic E-state index is -0.266. The molecule has 4 nitrogen and oxygen atoms in total. The summed E-state index contributed by atoms with van der Waals surface area (Å²) in [6.07, 6.45) is 0.948. The first-order valence-electron chi connectivity index (χ1n) is 7.93. The number of amides is 1. The monoisotopic (exact) mass is 308 g/mol. The van der Waals surface area contributed by atoms with Crippen LogP contribution in [0.15, 0.2) is 24.3 Å². The van der Waals surface area contributed by atoms with Crippen LogP contribution in [0.3, 0.4) is 0 Å². The molecule has 1 N–H and O–H groups in total. The maximum absolute atomic E-state index is 13.0. The Hall–Kier alpha value is -1.46. The summed E-state index contributed by atoms with van der Waals surface area (Å²) in [5, 5.41) is 9.18. The molecule has 2 atom stereocenters. The smallest absolute Gasteiger partial charge is 0.237 e. The van der Waals surface area contributed by atoms with Crippen LogP contribution in [-0.2, 0) is 4.79 Å². The highest BCUT2D eigenvalue weighted by Crippen LogP contribution is 2.22. The number of aliphatic hydroxyl groups is 1. The van der Waals surface area contributed by atoms with Crippen LogP contribution in [0.2, 0.25) is 0 Å².